The summed E-state index contributed by atoms with van der Waals surface area (Å²) < 4.78 is 17.9. The van der Waals surface area contributed by atoms with Gasteiger partial charge in [-0.3, -0.25) is 4.57 Å². The van der Waals surface area contributed by atoms with Gasteiger partial charge in [0.05, 0.1) is 14.2 Å². The highest BCUT2D eigenvalue weighted by atomic mass is 16.5. The number of amides is 2. The third-order valence-electron chi connectivity index (χ3n) is 4.34. The van der Waals surface area contributed by atoms with Crippen molar-refractivity contribution in [2.24, 2.45) is 0 Å². The van der Waals surface area contributed by atoms with Crippen molar-refractivity contribution in [3.63, 3.8) is 0 Å². The van der Waals surface area contributed by atoms with Crippen LogP contribution >= 0.6 is 0 Å². The van der Waals surface area contributed by atoms with Crippen molar-refractivity contribution in [2.45, 2.75) is 0 Å². The zero-order valence-electron chi connectivity index (χ0n) is 17.4. The van der Waals surface area contributed by atoms with Crippen LogP contribution in [0.15, 0.2) is 73.3 Å². The molecule has 0 spiro atoms. The molecule has 0 atom stereocenters. The second-order valence-corrected chi connectivity index (χ2v) is 6.51. The van der Waals surface area contributed by atoms with Gasteiger partial charge >= 0.3 is 6.03 Å². The number of carbonyl (C=O) groups excluding carboxylic acids is 1. The zero-order chi connectivity index (χ0) is 22.3. The van der Waals surface area contributed by atoms with Crippen LogP contribution in [0.2, 0.25) is 0 Å². The van der Waals surface area contributed by atoms with Gasteiger partial charge in [0.2, 0.25) is 5.88 Å². The van der Waals surface area contributed by atoms with E-state index >= 15 is 0 Å². The first-order valence-electron chi connectivity index (χ1n) is 9.54. The highest BCUT2D eigenvalue weighted by Crippen LogP contribution is 2.26. The van der Waals surface area contributed by atoms with E-state index < -0.39 is 6.03 Å². The molecule has 10 heteroatoms. The Morgan fingerprint density at radius 3 is 2.16 bits per heavy atom. The number of hydrogen-bond donors (Lipinski definition) is 2. The van der Waals surface area contributed by atoms with Crippen LogP contribution in [0.5, 0.6) is 23.1 Å². The van der Waals surface area contributed by atoms with Gasteiger partial charge < -0.3 is 24.8 Å². The number of aromatic nitrogens is 4. The summed E-state index contributed by atoms with van der Waals surface area (Å²) in [7, 11) is 3.09. The maximum Gasteiger partial charge on any atom is 0.323 e. The molecule has 2 N–H and O–H groups in total. The summed E-state index contributed by atoms with van der Waals surface area (Å²) in [6, 6.07) is 15.1. The molecule has 32 heavy (non-hydrogen) atoms. The molecule has 4 aromatic rings. The van der Waals surface area contributed by atoms with Gasteiger partial charge in [0.25, 0.3) is 0 Å². The molecule has 10 nitrogen and oxygen atoms in total. The SMILES string of the molecule is COc1cc(NC(=O)Nc2ccc(Oc3ccc(-n4ccnc4)nn3)cc2)cc(OC)c1. The lowest BCUT2D eigenvalue weighted by Crippen LogP contribution is -2.19. The minimum absolute atomic E-state index is 0.347. The Morgan fingerprint density at radius 2 is 1.56 bits per heavy atom. The lowest BCUT2D eigenvalue weighted by molar-refractivity contribution is 0.262. The molecule has 0 radical (unpaired) electrons. The molecule has 2 aromatic carbocycles. The largest absolute Gasteiger partial charge is 0.497 e. The third kappa shape index (κ3) is 5.11. The molecule has 0 fully saturated rings. The molecular formula is C22H20N6O4. The number of imidazole rings is 1. The number of nitrogens with one attached hydrogen (secondary N) is 2. The number of nitrogens with zero attached hydrogens (tertiary/aromatic N) is 4. The van der Waals surface area contributed by atoms with E-state index in [9.17, 15) is 4.79 Å². The summed E-state index contributed by atoms with van der Waals surface area (Å²) in [5, 5.41) is 13.7. The van der Waals surface area contributed by atoms with Crippen LogP contribution in [0.25, 0.3) is 5.82 Å². The molecule has 0 unspecified atom stereocenters. The monoisotopic (exact) mass is 432 g/mol. The van der Waals surface area contributed by atoms with E-state index in [0.29, 0.717) is 40.3 Å². The van der Waals surface area contributed by atoms with Crippen LogP contribution in [0.4, 0.5) is 16.2 Å². The standard InChI is InChI=1S/C22H20N6O4/c1-30-18-11-16(12-19(13-18)31-2)25-22(29)24-15-3-5-17(6-4-15)32-21-8-7-20(26-27-21)28-10-9-23-14-28/h3-14H,1-2H3,(H2,24,25,29). The number of benzene rings is 2. The molecule has 0 bridgehead atoms. The van der Waals surface area contributed by atoms with Gasteiger partial charge in [0, 0.05) is 48.0 Å². The van der Waals surface area contributed by atoms with Gasteiger partial charge in [-0.15, -0.1) is 10.2 Å². The van der Waals surface area contributed by atoms with E-state index in [2.05, 4.69) is 25.8 Å². The van der Waals surface area contributed by atoms with Crippen LogP contribution in [0, 0.1) is 0 Å². The van der Waals surface area contributed by atoms with Gasteiger partial charge in [-0.25, -0.2) is 9.78 Å². The van der Waals surface area contributed by atoms with Crippen LogP contribution in [0.1, 0.15) is 0 Å². The Bertz CT molecular complexity index is 1160. The molecule has 0 aliphatic heterocycles. The number of rotatable bonds is 7. The maximum absolute atomic E-state index is 12.3. The Balaban J connectivity index is 1.35. The fraction of sp³-hybridized carbons (Fsp3) is 0.0909. The average molecular weight is 432 g/mol. The van der Waals surface area contributed by atoms with Crippen molar-refractivity contribution in [3.8, 4) is 28.9 Å². The zero-order valence-corrected chi connectivity index (χ0v) is 17.4. The topological polar surface area (TPSA) is 112 Å². The van der Waals surface area contributed by atoms with E-state index in [1.54, 1.807) is 92.1 Å². The van der Waals surface area contributed by atoms with Gasteiger partial charge in [0.15, 0.2) is 5.82 Å². The van der Waals surface area contributed by atoms with Crippen molar-refractivity contribution in [1.29, 1.82) is 0 Å². The van der Waals surface area contributed by atoms with Gasteiger partial charge in [0.1, 0.15) is 23.6 Å². The highest BCUT2D eigenvalue weighted by molar-refractivity contribution is 6.00. The third-order valence-corrected chi connectivity index (χ3v) is 4.34. The van der Waals surface area contributed by atoms with Crippen molar-refractivity contribution in [2.75, 3.05) is 24.9 Å². The second-order valence-electron chi connectivity index (χ2n) is 6.51. The molecular weight excluding hydrogens is 412 g/mol. The average Bonchev–Trinajstić information content (AvgIpc) is 3.35. The summed E-state index contributed by atoms with van der Waals surface area (Å²) >= 11 is 0. The fourth-order valence-electron chi connectivity index (χ4n) is 2.80. The van der Waals surface area contributed by atoms with Gasteiger partial charge in [-0.1, -0.05) is 0 Å². The Hall–Kier alpha value is -4.60. The maximum atomic E-state index is 12.3. The molecule has 2 amide bonds. The summed E-state index contributed by atoms with van der Waals surface area (Å²) in [4.78, 5) is 16.3. The van der Waals surface area contributed by atoms with Crippen LogP contribution in [0.3, 0.4) is 0 Å². The van der Waals surface area contributed by atoms with E-state index in [-0.39, 0.29) is 0 Å². The summed E-state index contributed by atoms with van der Waals surface area (Å²) in [5.74, 6) is 2.68. The molecule has 0 aliphatic rings. The van der Waals surface area contributed by atoms with Crippen molar-refractivity contribution in [3.05, 3.63) is 73.3 Å². The predicted molar refractivity (Wildman–Crippen MR) is 118 cm³/mol. The Kier molecular flexibility index (Phi) is 6.12. The number of carbonyl (C=O) groups is 1. The minimum Gasteiger partial charge on any atom is -0.497 e. The number of methoxy groups -OCH3 is 2. The van der Waals surface area contributed by atoms with Crippen LogP contribution in [-0.2, 0) is 0 Å². The number of urea groups is 1. The second kappa shape index (κ2) is 9.47. The predicted octanol–water partition coefficient (Wildman–Crippen LogP) is 4.12. The lowest BCUT2D eigenvalue weighted by atomic mass is 10.2. The van der Waals surface area contributed by atoms with E-state index in [1.807, 2.05) is 0 Å². The Morgan fingerprint density at radius 1 is 0.844 bits per heavy atom. The van der Waals surface area contributed by atoms with Crippen molar-refractivity contribution < 1.29 is 19.0 Å². The van der Waals surface area contributed by atoms with Gasteiger partial charge in [-0.2, -0.15) is 0 Å². The molecule has 162 valence electrons. The quantitative estimate of drug-likeness (QED) is 0.452. The normalized spacial score (nSPS) is 10.3. The van der Waals surface area contributed by atoms with E-state index in [1.165, 1.54) is 0 Å². The fourth-order valence-corrected chi connectivity index (χ4v) is 2.80. The van der Waals surface area contributed by atoms with Gasteiger partial charge in [-0.05, 0) is 30.3 Å². The van der Waals surface area contributed by atoms with Crippen molar-refractivity contribution in [1.82, 2.24) is 19.7 Å². The molecule has 0 saturated carbocycles. The molecule has 2 aromatic heterocycles. The lowest BCUT2D eigenvalue weighted by Gasteiger charge is -2.11. The minimum atomic E-state index is -0.407. The summed E-state index contributed by atoms with van der Waals surface area (Å²) in [5.41, 5.74) is 1.13. The molecule has 2 heterocycles. The number of hydrogen-bond acceptors (Lipinski definition) is 7. The first-order chi connectivity index (χ1) is 15.6. The van der Waals surface area contributed by atoms with Crippen LogP contribution in [-0.4, -0.2) is 40.0 Å². The summed E-state index contributed by atoms with van der Waals surface area (Å²) in [6.07, 6.45) is 5.07. The van der Waals surface area contributed by atoms with Crippen molar-refractivity contribution >= 4 is 17.4 Å². The van der Waals surface area contributed by atoms with E-state index in [4.69, 9.17) is 14.2 Å². The van der Waals surface area contributed by atoms with E-state index in [0.717, 1.165) is 0 Å². The molecule has 0 aliphatic carbocycles. The smallest absolute Gasteiger partial charge is 0.323 e. The highest BCUT2D eigenvalue weighted by Gasteiger charge is 2.07. The Labute approximate surface area is 183 Å². The van der Waals surface area contributed by atoms with Crippen LogP contribution < -0.4 is 24.8 Å². The molecule has 0 saturated heterocycles. The summed E-state index contributed by atoms with van der Waals surface area (Å²) in [6.45, 7) is 0. The molecule has 4 rings (SSSR count). The first kappa shape index (κ1) is 20.7. The number of anilines is 2. The first-order valence-corrected chi connectivity index (χ1v) is 9.54. The number of ether oxygens (including phenoxy) is 3.